The van der Waals surface area contributed by atoms with Gasteiger partial charge in [0.1, 0.15) is 0 Å². The Labute approximate surface area is 111 Å². The van der Waals surface area contributed by atoms with Gasteiger partial charge in [0.15, 0.2) is 0 Å². The first-order valence-corrected chi connectivity index (χ1v) is 7.15. The van der Waals surface area contributed by atoms with Crippen LogP contribution in [0, 0.1) is 11.8 Å². The molecule has 98 valence electrons. The normalized spacial score (nSPS) is 23.7. The Kier molecular flexibility index (Phi) is 4.46. The van der Waals surface area contributed by atoms with Crippen LogP contribution in [0.5, 0.6) is 0 Å². The second kappa shape index (κ2) is 6.08. The summed E-state index contributed by atoms with van der Waals surface area (Å²) in [4.78, 5) is 0. The molecule has 1 aromatic carbocycles. The van der Waals surface area contributed by atoms with Crippen molar-refractivity contribution in [1.82, 2.24) is 5.32 Å². The molecule has 1 nitrogen and oxygen atoms in total. The summed E-state index contributed by atoms with van der Waals surface area (Å²) in [6.07, 6.45) is 6.90. The molecule has 0 radical (unpaired) electrons. The third-order valence-electron chi connectivity index (χ3n) is 4.26. The summed E-state index contributed by atoms with van der Waals surface area (Å²) in [5.41, 5.74) is 3.66. The molecule has 0 aliphatic heterocycles. The highest BCUT2D eigenvalue weighted by Gasteiger charge is 2.18. The SMILES string of the molecule is C=C(NC)c1ccc(CC2CCC(C)CC2)cc1. The van der Waals surface area contributed by atoms with E-state index in [4.69, 9.17) is 0 Å². The first-order valence-electron chi connectivity index (χ1n) is 7.15. The van der Waals surface area contributed by atoms with Crippen LogP contribution >= 0.6 is 0 Å². The lowest BCUT2D eigenvalue weighted by atomic mass is 9.80. The summed E-state index contributed by atoms with van der Waals surface area (Å²) in [6.45, 7) is 6.37. The van der Waals surface area contributed by atoms with Crippen LogP contribution in [0.2, 0.25) is 0 Å². The molecule has 0 amide bonds. The summed E-state index contributed by atoms with van der Waals surface area (Å²) < 4.78 is 0. The highest BCUT2D eigenvalue weighted by molar-refractivity contribution is 5.61. The fourth-order valence-corrected chi connectivity index (χ4v) is 2.85. The molecule has 1 aliphatic carbocycles. The van der Waals surface area contributed by atoms with E-state index < -0.39 is 0 Å². The minimum absolute atomic E-state index is 0.902. The molecular weight excluding hydrogens is 218 g/mol. The zero-order chi connectivity index (χ0) is 13.0. The maximum absolute atomic E-state index is 3.99. The fourth-order valence-electron chi connectivity index (χ4n) is 2.85. The van der Waals surface area contributed by atoms with Gasteiger partial charge in [-0.2, -0.15) is 0 Å². The Hall–Kier alpha value is -1.24. The van der Waals surface area contributed by atoms with Gasteiger partial charge in [0.25, 0.3) is 0 Å². The number of rotatable bonds is 4. The van der Waals surface area contributed by atoms with Gasteiger partial charge in [-0.05, 0) is 42.2 Å². The molecular formula is C17H25N. The van der Waals surface area contributed by atoms with E-state index in [1.54, 1.807) is 0 Å². The van der Waals surface area contributed by atoms with Crippen molar-refractivity contribution in [3.8, 4) is 0 Å². The quantitative estimate of drug-likeness (QED) is 0.833. The van der Waals surface area contributed by atoms with Crippen LogP contribution in [-0.2, 0) is 6.42 Å². The number of hydrogen-bond acceptors (Lipinski definition) is 1. The average molecular weight is 243 g/mol. The van der Waals surface area contributed by atoms with Crippen LogP contribution in [-0.4, -0.2) is 7.05 Å². The molecule has 0 bridgehead atoms. The minimum atomic E-state index is 0.902. The van der Waals surface area contributed by atoms with Crippen LogP contribution in [0.15, 0.2) is 30.8 Å². The summed E-state index contributed by atoms with van der Waals surface area (Å²) in [6, 6.07) is 8.88. The smallest absolute Gasteiger partial charge is 0.0338 e. The molecule has 1 aromatic rings. The van der Waals surface area contributed by atoms with Crippen molar-refractivity contribution in [3.63, 3.8) is 0 Å². The van der Waals surface area contributed by atoms with Gasteiger partial charge in [0, 0.05) is 12.7 Å². The zero-order valence-electron chi connectivity index (χ0n) is 11.7. The van der Waals surface area contributed by atoms with Gasteiger partial charge in [-0.3, -0.25) is 0 Å². The Bertz CT molecular complexity index is 383. The van der Waals surface area contributed by atoms with Gasteiger partial charge < -0.3 is 5.32 Å². The molecule has 1 aliphatic rings. The van der Waals surface area contributed by atoms with Crippen molar-refractivity contribution in [2.24, 2.45) is 11.8 Å². The molecule has 2 rings (SSSR count). The second-order valence-corrected chi connectivity index (χ2v) is 5.76. The molecule has 0 heterocycles. The van der Waals surface area contributed by atoms with E-state index in [1.165, 1.54) is 43.2 Å². The fraction of sp³-hybridized carbons (Fsp3) is 0.529. The molecule has 0 spiro atoms. The number of benzene rings is 1. The molecule has 0 unspecified atom stereocenters. The lowest BCUT2D eigenvalue weighted by molar-refractivity contribution is 0.289. The van der Waals surface area contributed by atoms with E-state index in [0.29, 0.717) is 0 Å². The Balaban J connectivity index is 1.92. The van der Waals surface area contributed by atoms with Gasteiger partial charge in [0.2, 0.25) is 0 Å². The van der Waals surface area contributed by atoms with Crippen LogP contribution in [0.4, 0.5) is 0 Å². The largest absolute Gasteiger partial charge is 0.388 e. The summed E-state index contributed by atoms with van der Waals surface area (Å²) >= 11 is 0. The van der Waals surface area contributed by atoms with Crippen LogP contribution < -0.4 is 5.32 Å². The molecule has 18 heavy (non-hydrogen) atoms. The summed E-state index contributed by atoms with van der Waals surface area (Å²) in [7, 11) is 1.92. The van der Waals surface area contributed by atoms with Crippen molar-refractivity contribution in [1.29, 1.82) is 0 Å². The average Bonchev–Trinajstić information content (AvgIpc) is 2.41. The topological polar surface area (TPSA) is 12.0 Å². The predicted octanol–water partition coefficient (Wildman–Crippen LogP) is 4.25. The summed E-state index contributed by atoms with van der Waals surface area (Å²) in [5.74, 6) is 1.85. The third-order valence-corrected chi connectivity index (χ3v) is 4.26. The van der Waals surface area contributed by atoms with Crippen LogP contribution in [0.25, 0.3) is 5.70 Å². The molecule has 0 aromatic heterocycles. The van der Waals surface area contributed by atoms with Crippen molar-refractivity contribution in [2.45, 2.75) is 39.0 Å². The van der Waals surface area contributed by atoms with Crippen LogP contribution in [0.3, 0.4) is 0 Å². The lowest BCUT2D eigenvalue weighted by Crippen LogP contribution is -2.14. The van der Waals surface area contributed by atoms with E-state index in [-0.39, 0.29) is 0 Å². The summed E-state index contributed by atoms with van der Waals surface area (Å²) in [5, 5.41) is 3.09. The second-order valence-electron chi connectivity index (χ2n) is 5.76. The predicted molar refractivity (Wildman–Crippen MR) is 79.4 cm³/mol. The standard InChI is InChI=1S/C17H25N/c1-13-4-6-15(7-5-13)12-16-8-10-17(11-9-16)14(2)18-3/h8-11,13,15,18H,2,4-7,12H2,1,3H3. The molecule has 1 fully saturated rings. The highest BCUT2D eigenvalue weighted by Crippen LogP contribution is 2.30. The molecule has 0 saturated heterocycles. The first-order chi connectivity index (χ1) is 8.69. The van der Waals surface area contributed by atoms with Gasteiger partial charge >= 0.3 is 0 Å². The van der Waals surface area contributed by atoms with Crippen LogP contribution in [0.1, 0.15) is 43.7 Å². The van der Waals surface area contributed by atoms with Gasteiger partial charge in [-0.15, -0.1) is 0 Å². The van der Waals surface area contributed by atoms with E-state index in [1.807, 2.05) is 7.05 Å². The Morgan fingerprint density at radius 2 is 1.78 bits per heavy atom. The van der Waals surface area contributed by atoms with Crippen molar-refractivity contribution >= 4 is 5.70 Å². The van der Waals surface area contributed by atoms with Gasteiger partial charge in [0.05, 0.1) is 0 Å². The van der Waals surface area contributed by atoms with Crippen molar-refractivity contribution in [3.05, 3.63) is 42.0 Å². The highest BCUT2D eigenvalue weighted by atomic mass is 14.8. The van der Waals surface area contributed by atoms with E-state index in [0.717, 1.165) is 17.5 Å². The molecule has 1 saturated carbocycles. The maximum atomic E-state index is 3.99. The molecule has 1 heteroatoms. The van der Waals surface area contributed by atoms with Crippen molar-refractivity contribution in [2.75, 3.05) is 7.05 Å². The monoisotopic (exact) mass is 243 g/mol. The minimum Gasteiger partial charge on any atom is -0.388 e. The van der Waals surface area contributed by atoms with Gasteiger partial charge in [-0.25, -0.2) is 0 Å². The van der Waals surface area contributed by atoms with Gasteiger partial charge in [-0.1, -0.05) is 50.6 Å². The lowest BCUT2D eigenvalue weighted by Gasteiger charge is -2.26. The van der Waals surface area contributed by atoms with E-state index in [2.05, 4.69) is 43.1 Å². The first kappa shape index (κ1) is 13.2. The molecule has 0 atom stereocenters. The Morgan fingerprint density at radius 1 is 1.17 bits per heavy atom. The molecule has 1 N–H and O–H groups in total. The third kappa shape index (κ3) is 3.38. The number of hydrogen-bond donors (Lipinski definition) is 1. The maximum Gasteiger partial charge on any atom is 0.0338 e. The Morgan fingerprint density at radius 3 is 2.33 bits per heavy atom. The van der Waals surface area contributed by atoms with E-state index >= 15 is 0 Å². The van der Waals surface area contributed by atoms with E-state index in [9.17, 15) is 0 Å². The van der Waals surface area contributed by atoms with Crippen molar-refractivity contribution < 1.29 is 0 Å². The zero-order valence-corrected chi connectivity index (χ0v) is 11.7. The number of nitrogens with one attached hydrogen (secondary N) is 1.